The van der Waals surface area contributed by atoms with Gasteiger partial charge in [0.1, 0.15) is 5.82 Å². The number of benzene rings is 1. The van der Waals surface area contributed by atoms with Crippen molar-refractivity contribution in [2.75, 3.05) is 5.32 Å². The van der Waals surface area contributed by atoms with E-state index in [0.717, 1.165) is 11.1 Å². The first kappa shape index (κ1) is 14.1. The third-order valence-electron chi connectivity index (χ3n) is 2.58. The smallest absolute Gasteiger partial charge is 0.314 e. The van der Waals surface area contributed by atoms with Crippen molar-refractivity contribution in [3.63, 3.8) is 0 Å². The number of amides is 2. The van der Waals surface area contributed by atoms with Crippen LogP contribution in [0.15, 0.2) is 48.8 Å². The number of carbonyl (C=O) groups excluding carboxylic acids is 1. The number of carbonyl (C=O) groups is 1. The highest BCUT2D eigenvalue weighted by molar-refractivity contribution is 6.30. The van der Waals surface area contributed by atoms with E-state index in [0.29, 0.717) is 10.8 Å². The van der Waals surface area contributed by atoms with E-state index in [2.05, 4.69) is 15.6 Å². The maximum atomic E-state index is 11.7. The number of urea groups is 1. The molecule has 5 heteroatoms. The third-order valence-corrected chi connectivity index (χ3v) is 2.82. The number of aryl methyl sites for hydroxylation is 1. The van der Waals surface area contributed by atoms with Crippen LogP contribution in [0.25, 0.3) is 6.08 Å². The second-order valence-corrected chi connectivity index (χ2v) is 4.59. The zero-order valence-electron chi connectivity index (χ0n) is 10.9. The molecule has 0 aliphatic heterocycles. The first-order valence-electron chi connectivity index (χ1n) is 6.06. The van der Waals surface area contributed by atoms with Crippen LogP contribution in [0.2, 0.25) is 5.02 Å². The van der Waals surface area contributed by atoms with Gasteiger partial charge < -0.3 is 5.32 Å². The van der Waals surface area contributed by atoms with Crippen LogP contribution in [0.3, 0.4) is 0 Å². The van der Waals surface area contributed by atoms with E-state index in [1.165, 1.54) is 0 Å². The van der Waals surface area contributed by atoms with Crippen molar-refractivity contribution in [3.05, 3.63) is 64.9 Å². The summed E-state index contributed by atoms with van der Waals surface area (Å²) in [6, 6.07) is 10.7. The fourth-order valence-electron chi connectivity index (χ4n) is 1.58. The maximum absolute atomic E-state index is 11.7. The van der Waals surface area contributed by atoms with Gasteiger partial charge in [-0.25, -0.2) is 9.78 Å². The summed E-state index contributed by atoms with van der Waals surface area (Å²) >= 11 is 5.87. The van der Waals surface area contributed by atoms with Gasteiger partial charge in [0, 0.05) is 17.4 Å². The Bertz CT molecular complexity index is 641. The molecular weight excluding hydrogens is 274 g/mol. The van der Waals surface area contributed by atoms with E-state index in [9.17, 15) is 4.79 Å². The van der Waals surface area contributed by atoms with Crippen molar-refractivity contribution in [1.82, 2.24) is 10.3 Å². The van der Waals surface area contributed by atoms with Crippen LogP contribution in [0, 0.1) is 6.92 Å². The van der Waals surface area contributed by atoms with E-state index in [4.69, 9.17) is 11.6 Å². The monoisotopic (exact) mass is 287 g/mol. The predicted octanol–water partition coefficient (Wildman–Crippen LogP) is 3.84. The molecule has 0 bridgehead atoms. The van der Waals surface area contributed by atoms with Crippen LogP contribution in [-0.2, 0) is 0 Å². The van der Waals surface area contributed by atoms with Crippen molar-refractivity contribution < 1.29 is 4.79 Å². The van der Waals surface area contributed by atoms with E-state index >= 15 is 0 Å². The fourth-order valence-corrected chi connectivity index (χ4v) is 1.78. The van der Waals surface area contributed by atoms with Crippen LogP contribution < -0.4 is 10.6 Å². The van der Waals surface area contributed by atoms with Crippen molar-refractivity contribution in [3.8, 4) is 0 Å². The highest BCUT2D eigenvalue weighted by Crippen LogP contribution is 2.11. The summed E-state index contributed by atoms with van der Waals surface area (Å²) in [5.74, 6) is 0.543. The van der Waals surface area contributed by atoms with Gasteiger partial charge in [-0.15, -0.1) is 0 Å². The summed E-state index contributed by atoms with van der Waals surface area (Å²) in [6.07, 6.45) is 4.94. The Labute approximate surface area is 122 Å². The second kappa shape index (κ2) is 6.73. The van der Waals surface area contributed by atoms with E-state index < -0.39 is 0 Å². The number of pyridine rings is 1. The quantitative estimate of drug-likeness (QED) is 0.901. The molecule has 20 heavy (non-hydrogen) atoms. The normalized spacial score (nSPS) is 10.5. The van der Waals surface area contributed by atoms with Crippen molar-refractivity contribution in [2.45, 2.75) is 6.92 Å². The van der Waals surface area contributed by atoms with Crippen LogP contribution in [0.5, 0.6) is 0 Å². The lowest BCUT2D eigenvalue weighted by Gasteiger charge is -2.05. The number of nitrogens with zero attached hydrogens (tertiary/aromatic N) is 1. The van der Waals surface area contributed by atoms with Gasteiger partial charge >= 0.3 is 6.03 Å². The minimum absolute atomic E-state index is 0.343. The molecule has 0 atom stereocenters. The molecule has 0 saturated heterocycles. The number of hydrogen-bond donors (Lipinski definition) is 2. The van der Waals surface area contributed by atoms with Crippen LogP contribution >= 0.6 is 11.6 Å². The summed E-state index contributed by atoms with van der Waals surface area (Å²) in [7, 11) is 0. The first-order valence-corrected chi connectivity index (χ1v) is 6.44. The highest BCUT2D eigenvalue weighted by Gasteiger charge is 2.02. The average molecular weight is 288 g/mol. The standard InChI is InChI=1S/C15H14ClN3O/c1-11-4-3-8-17-14(11)19-15(20)18-9-7-12-5-2-6-13(16)10-12/h2-10H,1H3,(H2,17,18,19,20)/b9-7+. The van der Waals surface area contributed by atoms with Crippen molar-refractivity contribution in [1.29, 1.82) is 0 Å². The summed E-state index contributed by atoms with van der Waals surface area (Å²) in [6.45, 7) is 1.88. The largest absolute Gasteiger partial charge is 0.324 e. The number of anilines is 1. The summed E-state index contributed by atoms with van der Waals surface area (Å²) in [5.41, 5.74) is 1.81. The molecule has 4 nitrogen and oxygen atoms in total. The topological polar surface area (TPSA) is 54.0 Å². The van der Waals surface area contributed by atoms with Gasteiger partial charge in [-0.05, 0) is 42.3 Å². The second-order valence-electron chi connectivity index (χ2n) is 4.16. The molecule has 0 saturated carbocycles. The fraction of sp³-hybridized carbons (Fsp3) is 0.0667. The minimum Gasteiger partial charge on any atom is -0.314 e. The average Bonchev–Trinajstić information content (AvgIpc) is 2.41. The van der Waals surface area contributed by atoms with Crippen molar-refractivity contribution >= 4 is 29.5 Å². The zero-order chi connectivity index (χ0) is 14.4. The van der Waals surface area contributed by atoms with Gasteiger partial charge in [0.2, 0.25) is 0 Å². The van der Waals surface area contributed by atoms with Gasteiger partial charge in [0.05, 0.1) is 0 Å². The molecule has 1 heterocycles. The van der Waals surface area contributed by atoms with Crippen LogP contribution in [-0.4, -0.2) is 11.0 Å². The summed E-state index contributed by atoms with van der Waals surface area (Å²) in [5, 5.41) is 5.94. The first-order chi connectivity index (χ1) is 9.65. The lowest BCUT2D eigenvalue weighted by Crippen LogP contribution is -2.24. The molecule has 0 aliphatic rings. The highest BCUT2D eigenvalue weighted by atomic mass is 35.5. The number of nitrogens with one attached hydrogen (secondary N) is 2. The van der Waals surface area contributed by atoms with Gasteiger partial charge in [-0.1, -0.05) is 29.8 Å². The Kier molecular flexibility index (Phi) is 4.74. The molecule has 0 aliphatic carbocycles. The van der Waals surface area contributed by atoms with Crippen molar-refractivity contribution in [2.24, 2.45) is 0 Å². The zero-order valence-corrected chi connectivity index (χ0v) is 11.7. The Morgan fingerprint density at radius 2 is 2.15 bits per heavy atom. The SMILES string of the molecule is Cc1cccnc1NC(=O)N/C=C/c1cccc(Cl)c1. The molecule has 1 aromatic carbocycles. The molecular formula is C15H14ClN3O. The molecule has 0 fully saturated rings. The number of aromatic nitrogens is 1. The molecule has 0 spiro atoms. The van der Waals surface area contributed by atoms with E-state index in [1.807, 2.05) is 31.2 Å². The molecule has 1 aromatic heterocycles. The number of hydrogen-bond acceptors (Lipinski definition) is 2. The van der Waals surface area contributed by atoms with E-state index in [-0.39, 0.29) is 6.03 Å². The van der Waals surface area contributed by atoms with E-state index in [1.54, 1.807) is 30.6 Å². The lowest BCUT2D eigenvalue weighted by atomic mass is 10.2. The molecule has 2 aromatic rings. The molecule has 102 valence electrons. The van der Waals surface area contributed by atoms with Gasteiger partial charge in [0.25, 0.3) is 0 Å². The Hall–Kier alpha value is -2.33. The van der Waals surface area contributed by atoms with Crippen LogP contribution in [0.4, 0.5) is 10.6 Å². The van der Waals surface area contributed by atoms with Gasteiger partial charge in [0.15, 0.2) is 0 Å². The maximum Gasteiger partial charge on any atom is 0.324 e. The Morgan fingerprint density at radius 3 is 2.90 bits per heavy atom. The van der Waals surface area contributed by atoms with Gasteiger partial charge in [-0.2, -0.15) is 0 Å². The molecule has 2 amide bonds. The number of halogens is 1. The summed E-state index contributed by atoms with van der Waals surface area (Å²) < 4.78 is 0. The van der Waals surface area contributed by atoms with Gasteiger partial charge in [-0.3, -0.25) is 5.32 Å². The Morgan fingerprint density at radius 1 is 1.30 bits per heavy atom. The summed E-state index contributed by atoms with van der Waals surface area (Å²) in [4.78, 5) is 15.8. The molecule has 0 unspecified atom stereocenters. The molecule has 0 radical (unpaired) electrons. The third kappa shape index (κ3) is 4.10. The predicted molar refractivity (Wildman–Crippen MR) is 81.6 cm³/mol. The molecule has 2 N–H and O–H groups in total. The minimum atomic E-state index is -0.343. The Balaban J connectivity index is 1.91. The van der Waals surface area contributed by atoms with Crippen LogP contribution in [0.1, 0.15) is 11.1 Å². The number of rotatable bonds is 3. The lowest BCUT2D eigenvalue weighted by molar-refractivity contribution is 0.255. The molecule has 2 rings (SSSR count).